The lowest BCUT2D eigenvalue weighted by Gasteiger charge is -2.12. The lowest BCUT2D eigenvalue weighted by molar-refractivity contribution is -0.386. The van der Waals surface area contributed by atoms with Gasteiger partial charge in [0.25, 0.3) is 0 Å². The molecule has 0 saturated heterocycles. The number of phenols is 1. The number of nitro groups is 1. The Morgan fingerprint density at radius 2 is 2.24 bits per heavy atom. The van der Waals surface area contributed by atoms with Gasteiger partial charge in [0.1, 0.15) is 0 Å². The molecule has 94 valence electrons. The molecule has 17 heavy (non-hydrogen) atoms. The molecule has 0 bridgehead atoms. The minimum absolute atomic E-state index is 0.0507. The van der Waals surface area contributed by atoms with Gasteiger partial charge in [-0.3, -0.25) is 10.1 Å². The van der Waals surface area contributed by atoms with Crippen LogP contribution in [0.25, 0.3) is 0 Å². The van der Waals surface area contributed by atoms with Crippen LogP contribution in [-0.2, 0) is 0 Å². The van der Waals surface area contributed by atoms with Gasteiger partial charge >= 0.3 is 5.69 Å². The number of aliphatic hydroxyl groups is 1. The number of hydrogen-bond donors (Lipinski definition) is 3. The van der Waals surface area contributed by atoms with Crippen LogP contribution in [0.2, 0.25) is 0 Å². The van der Waals surface area contributed by atoms with Gasteiger partial charge in [0, 0.05) is 6.07 Å². The number of rotatable bonds is 5. The van der Waals surface area contributed by atoms with Crippen molar-refractivity contribution in [2.24, 2.45) is 5.73 Å². The summed E-state index contributed by atoms with van der Waals surface area (Å²) >= 11 is 0. The third-order valence-corrected chi connectivity index (χ3v) is 2.32. The molecule has 0 aliphatic carbocycles. The van der Waals surface area contributed by atoms with Crippen LogP contribution in [0.3, 0.4) is 0 Å². The van der Waals surface area contributed by atoms with Gasteiger partial charge < -0.3 is 20.7 Å². The molecule has 0 radical (unpaired) electrons. The second-order valence-corrected chi connectivity index (χ2v) is 3.44. The third-order valence-electron chi connectivity index (χ3n) is 2.32. The zero-order chi connectivity index (χ0) is 13.0. The Hall–Kier alpha value is -1.86. The molecular formula is C10H14N2O5. The number of nitro benzene ring substituents is 1. The number of ether oxygens (including phenoxy) is 1. The van der Waals surface area contributed by atoms with E-state index in [1.807, 2.05) is 0 Å². The van der Waals surface area contributed by atoms with E-state index in [2.05, 4.69) is 0 Å². The van der Waals surface area contributed by atoms with E-state index in [9.17, 15) is 20.3 Å². The predicted molar refractivity (Wildman–Crippen MR) is 59.9 cm³/mol. The van der Waals surface area contributed by atoms with E-state index in [-0.39, 0.29) is 24.3 Å². The van der Waals surface area contributed by atoms with Gasteiger partial charge in [0.2, 0.25) is 5.75 Å². The van der Waals surface area contributed by atoms with E-state index in [0.29, 0.717) is 0 Å². The Bertz CT molecular complexity index is 421. The van der Waals surface area contributed by atoms with Gasteiger partial charge in [-0.2, -0.15) is 0 Å². The predicted octanol–water partition coefficient (Wildman–Crippen LogP) is 0.691. The summed E-state index contributed by atoms with van der Waals surface area (Å²) in [5.41, 5.74) is 5.08. The molecule has 0 aliphatic rings. The zero-order valence-electron chi connectivity index (χ0n) is 9.29. The van der Waals surface area contributed by atoms with Crippen LogP contribution in [0, 0.1) is 10.1 Å². The minimum atomic E-state index is -0.923. The standard InChI is InChI=1S/C10H14N2O5/c1-17-9-5-6(8(13)2-3-11)4-7(10(9)14)12(15)16/h4-5,8,13-14H,2-3,11H2,1H3/t8-/m0/s1. The lowest BCUT2D eigenvalue weighted by atomic mass is 10.0. The van der Waals surface area contributed by atoms with Crippen molar-refractivity contribution in [2.75, 3.05) is 13.7 Å². The fraction of sp³-hybridized carbons (Fsp3) is 0.400. The van der Waals surface area contributed by atoms with Crippen LogP contribution in [0.5, 0.6) is 11.5 Å². The third kappa shape index (κ3) is 2.83. The molecule has 0 fully saturated rings. The highest BCUT2D eigenvalue weighted by Gasteiger charge is 2.22. The smallest absolute Gasteiger partial charge is 0.315 e. The second kappa shape index (κ2) is 5.46. The summed E-state index contributed by atoms with van der Waals surface area (Å²) in [6.45, 7) is 0.248. The van der Waals surface area contributed by atoms with Crippen molar-refractivity contribution in [1.82, 2.24) is 0 Å². The monoisotopic (exact) mass is 242 g/mol. The van der Waals surface area contributed by atoms with Gasteiger partial charge in [-0.15, -0.1) is 0 Å². The van der Waals surface area contributed by atoms with E-state index in [4.69, 9.17) is 10.5 Å². The average Bonchev–Trinajstić information content (AvgIpc) is 2.29. The molecule has 0 unspecified atom stereocenters. The van der Waals surface area contributed by atoms with E-state index < -0.39 is 22.5 Å². The number of aliphatic hydroxyl groups excluding tert-OH is 1. The summed E-state index contributed by atoms with van der Waals surface area (Å²) in [5, 5.41) is 29.9. The summed E-state index contributed by atoms with van der Waals surface area (Å²) in [6, 6.07) is 2.46. The normalized spacial score (nSPS) is 12.2. The number of nitrogens with zero attached hydrogens (tertiary/aromatic N) is 1. The maximum Gasteiger partial charge on any atom is 0.315 e. The van der Waals surface area contributed by atoms with Gasteiger partial charge in [0.15, 0.2) is 5.75 Å². The van der Waals surface area contributed by atoms with Gasteiger partial charge in [0.05, 0.1) is 18.1 Å². The highest BCUT2D eigenvalue weighted by atomic mass is 16.6. The highest BCUT2D eigenvalue weighted by molar-refractivity contribution is 5.57. The molecule has 0 heterocycles. The Morgan fingerprint density at radius 1 is 1.59 bits per heavy atom. The van der Waals surface area contributed by atoms with E-state index in [0.717, 1.165) is 6.07 Å². The molecule has 0 aromatic heterocycles. The minimum Gasteiger partial charge on any atom is -0.500 e. The number of aromatic hydroxyl groups is 1. The first kappa shape index (κ1) is 13.2. The largest absolute Gasteiger partial charge is 0.500 e. The number of phenolic OH excluding ortho intramolecular Hbond substituents is 1. The molecule has 1 rings (SSSR count). The van der Waals surface area contributed by atoms with E-state index >= 15 is 0 Å². The van der Waals surface area contributed by atoms with Crippen molar-refractivity contribution in [3.63, 3.8) is 0 Å². The summed E-state index contributed by atoms with van der Waals surface area (Å²) in [6.07, 6.45) is -0.654. The molecule has 4 N–H and O–H groups in total. The van der Waals surface area contributed by atoms with Crippen LogP contribution < -0.4 is 10.5 Å². The summed E-state index contributed by atoms with van der Waals surface area (Å²) < 4.78 is 4.81. The molecule has 1 aromatic carbocycles. The molecule has 7 heteroatoms. The Morgan fingerprint density at radius 3 is 2.71 bits per heavy atom. The number of hydrogen-bond acceptors (Lipinski definition) is 6. The van der Waals surface area contributed by atoms with Crippen molar-refractivity contribution >= 4 is 5.69 Å². The van der Waals surface area contributed by atoms with E-state index in [1.165, 1.54) is 13.2 Å². The first-order chi connectivity index (χ1) is 8.01. The molecule has 0 amide bonds. The zero-order valence-corrected chi connectivity index (χ0v) is 9.29. The maximum atomic E-state index is 10.7. The molecule has 7 nitrogen and oxygen atoms in total. The van der Waals surface area contributed by atoms with E-state index in [1.54, 1.807) is 0 Å². The molecular weight excluding hydrogens is 228 g/mol. The summed E-state index contributed by atoms with van der Waals surface area (Å²) in [7, 11) is 1.28. The van der Waals surface area contributed by atoms with Crippen molar-refractivity contribution < 1.29 is 19.9 Å². The first-order valence-electron chi connectivity index (χ1n) is 4.94. The van der Waals surface area contributed by atoms with Gasteiger partial charge in [-0.25, -0.2) is 0 Å². The lowest BCUT2D eigenvalue weighted by Crippen LogP contribution is -2.07. The molecule has 1 aromatic rings. The Kier molecular flexibility index (Phi) is 4.24. The first-order valence-corrected chi connectivity index (χ1v) is 4.94. The average molecular weight is 242 g/mol. The quantitative estimate of drug-likeness (QED) is 0.516. The van der Waals surface area contributed by atoms with Crippen LogP contribution in [0.15, 0.2) is 12.1 Å². The van der Waals surface area contributed by atoms with Gasteiger partial charge in [-0.1, -0.05) is 0 Å². The van der Waals surface area contributed by atoms with Crippen molar-refractivity contribution in [3.8, 4) is 11.5 Å². The number of methoxy groups -OCH3 is 1. The van der Waals surface area contributed by atoms with Crippen LogP contribution >= 0.6 is 0 Å². The SMILES string of the molecule is COc1cc([C@@H](O)CCN)cc([N+](=O)[O-])c1O. The maximum absolute atomic E-state index is 10.7. The topological polar surface area (TPSA) is 119 Å². The van der Waals surface area contributed by atoms with Crippen molar-refractivity contribution in [1.29, 1.82) is 0 Å². The fourth-order valence-electron chi connectivity index (χ4n) is 1.43. The van der Waals surface area contributed by atoms with Crippen LogP contribution in [0.1, 0.15) is 18.1 Å². The fourth-order valence-corrected chi connectivity index (χ4v) is 1.43. The van der Waals surface area contributed by atoms with Crippen LogP contribution in [0.4, 0.5) is 5.69 Å². The summed E-state index contributed by atoms with van der Waals surface area (Å²) in [5.74, 6) is -0.605. The van der Waals surface area contributed by atoms with Crippen molar-refractivity contribution in [2.45, 2.75) is 12.5 Å². The molecule has 0 saturated carbocycles. The summed E-state index contributed by atoms with van der Waals surface area (Å²) in [4.78, 5) is 9.97. The highest BCUT2D eigenvalue weighted by Crippen LogP contribution is 2.38. The Labute approximate surface area is 97.6 Å². The van der Waals surface area contributed by atoms with Crippen molar-refractivity contribution in [3.05, 3.63) is 27.8 Å². The molecule has 0 aliphatic heterocycles. The van der Waals surface area contributed by atoms with Crippen LogP contribution in [-0.4, -0.2) is 28.8 Å². The Balaban J connectivity index is 3.24. The number of nitrogens with two attached hydrogens (primary N) is 1. The molecule has 1 atom stereocenters. The number of benzene rings is 1. The van der Waals surface area contributed by atoms with Gasteiger partial charge in [-0.05, 0) is 24.6 Å². The molecule has 0 spiro atoms. The second-order valence-electron chi connectivity index (χ2n) is 3.44.